The van der Waals surface area contributed by atoms with Crippen molar-refractivity contribution in [1.29, 1.82) is 0 Å². The average Bonchev–Trinajstić information content (AvgIpc) is 2.35. The monoisotopic (exact) mass is 301 g/mol. The molecule has 7 nitrogen and oxygen atoms in total. The van der Waals surface area contributed by atoms with Gasteiger partial charge in [0.1, 0.15) is 0 Å². The summed E-state index contributed by atoms with van der Waals surface area (Å²) in [4.78, 5) is 11.7. The second kappa shape index (κ2) is 7.22. The Kier molecular flexibility index (Phi) is 5.93. The van der Waals surface area contributed by atoms with Crippen molar-refractivity contribution in [1.82, 2.24) is 4.72 Å². The van der Waals surface area contributed by atoms with Crippen LogP contribution in [0.5, 0.6) is 0 Å². The molecule has 112 valence electrons. The lowest BCUT2D eigenvalue weighted by molar-refractivity contribution is 0.0981. The number of aliphatic hydroxyl groups is 1. The summed E-state index contributed by atoms with van der Waals surface area (Å²) in [5.41, 5.74) is 11.4. The van der Waals surface area contributed by atoms with E-state index in [-0.39, 0.29) is 12.0 Å². The van der Waals surface area contributed by atoms with Crippen LogP contribution in [0, 0.1) is 0 Å². The first-order chi connectivity index (χ1) is 9.34. The summed E-state index contributed by atoms with van der Waals surface area (Å²) in [5, 5.41) is 9.53. The predicted molar refractivity (Wildman–Crippen MR) is 76.4 cm³/mol. The molecule has 1 rings (SSSR count). The number of nitrogens with one attached hydrogen (secondary N) is 1. The SMILES string of the molecule is NCCCC(O)CS(=O)(=O)NC(=O)c1ccc(N)cc1. The Morgan fingerprint density at radius 3 is 2.45 bits per heavy atom. The van der Waals surface area contributed by atoms with Gasteiger partial charge in [-0.15, -0.1) is 0 Å². The van der Waals surface area contributed by atoms with Gasteiger partial charge in [-0.05, 0) is 43.7 Å². The highest BCUT2D eigenvalue weighted by atomic mass is 32.2. The molecule has 0 aliphatic heterocycles. The highest BCUT2D eigenvalue weighted by molar-refractivity contribution is 7.90. The third kappa shape index (κ3) is 5.55. The number of carbonyl (C=O) groups excluding carboxylic acids is 1. The van der Waals surface area contributed by atoms with E-state index >= 15 is 0 Å². The molecule has 0 saturated carbocycles. The van der Waals surface area contributed by atoms with Crippen molar-refractivity contribution >= 4 is 21.6 Å². The van der Waals surface area contributed by atoms with Crippen molar-refractivity contribution in [3.05, 3.63) is 29.8 Å². The van der Waals surface area contributed by atoms with Crippen LogP contribution in [0.4, 0.5) is 5.69 Å². The molecule has 0 aliphatic rings. The van der Waals surface area contributed by atoms with Crippen LogP contribution >= 0.6 is 0 Å². The second-order valence-electron chi connectivity index (χ2n) is 4.42. The molecule has 1 unspecified atom stereocenters. The van der Waals surface area contributed by atoms with Crippen molar-refractivity contribution < 1.29 is 18.3 Å². The number of carbonyl (C=O) groups is 1. The van der Waals surface area contributed by atoms with Gasteiger partial charge in [0, 0.05) is 11.3 Å². The maximum absolute atomic E-state index is 11.7. The molecule has 0 aliphatic carbocycles. The topological polar surface area (TPSA) is 136 Å². The number of rotatable bonds is 7. The molecule has 0 heterocycles. The fourth-order valence-electron chi connectivity index (χ4n) is 1.57. The van der Waals surface area contributed by atoms with E-state index in [0.29, 0.717) is 18.7 Å². The van der Waals surface area contributed by atoms with Gasteiger partial charge in [-0.3, -0.25) is 4.79 Å². The molecule has 0 spiro atoms. The van der Waals surface area contributed by atoms with Crippen LogP contribution < -0.4 is 16.2 Å². The molecule has 1 atom stereocenters. The molecular formula is C12H19N3O4S. The van der Waals surface area contributed by atoms with Gasteiger partial charge in [0.15, 0.2) is 0 Å². The lowest BCUT2D eigenvalue weighted by Gasteiger charge is -2.11. The largest absolute Gasteiger partial charge is 0.399 e. The van der Waals surface area contributed by atoms with Crippen molar-refractivity contribution in [2.75, 3.05) is 18.0 Å². The fraction of sp³-hybridized carbons (Fsp3) is 0.417. The summed E-state index contributed by atoms with van der Waals surface area (Å²) in [5.74, 6) is -1.29. The molecule has 0 fully saturated rings. The van der Waals surface area contributed by atoms with E-state index in [2.05, 4.69) is 0 Å². The van der Waals surface area contributed by atoms with Gasteiger partial charge in [0.2, 0.25) is 10.0 Å². The number of sulfonamides is 1. The first-order valence-corrected chi connectivity index (χ1v) is 7.78. The number of hydrogen-bond acceptors (Lipinski definition) is 6. The van der Waals surface area contributed by atoms with Crippen molar-refractivity contribution in [2.45, 2.75) is 18.9 Å². The molecule has 0 radical (unpaired) electrons. The molecule has 20 heavy (non-hydrogen) atoms. The van der Waals surface area contributed by atoms with Gasteiger partial charge < -0.3 is 16.6 Å². The van der Waals surface area contributed by atoms with Crippen LogP contribution in [-0.4, -0.2) is 37.8 Å². The Bertz CT molecular complexity index is 542. The van der Waals surface area contributed by atoms with Crippen molar-refractivity contribution in [3.63, 3.8) is 0 Å². The third-order valence-electron chi connectivity index (χ3n) is 2.57. The number of hydrogen-bond donors (Lipinski definition) is 4. The van der Waals surface area contributed by atoms with Gasteiger partial charge >= 0.3 is 0 Å². The number of amides is 1. The van der Waals surface area contributed by atoms with Gasteiger partial charge in [-0.25, -0.2) is 13.1 Å². The molecule has 0 bridgehead atoms. The Hall–Kier alpha value is -1.64. The number of aliphatic hydroxyl groups excluding tert-OH is 1. The van der Waals surface area contributed by atoms with Gasteiger partial charge in [0.25, 0.3) is 5.91 Å². The number of nitrogens with two attached hydrogens (primary N) is 2. The first kappa shape index (κ1) is 16.4. The van der Waals surface area contributed by atoms with Crippen molar-refractivity contribution in [3.8, 4) is 0 Å². The number of nitrogen functional groups attached to an aromatic ring is 1. The van der Waals surface area contributed by atoms with E-state index in [0.717, 1.165) is 0 Å². The molecule has 6 N–H and O–H groups in total. The van der Waals surface area contributed by atoms with E-state index in [1.807, 2.05) is 4.72 Å². The summed E-state index contributed by atoms with van der Waals surface area (Å²) in [7, 11) is -3.89. The maximum atomic E-state index is 11.7. The van der Waals surface area contributed by atoms with Crippen LogP contribution in [0.3, 0.4) is 0 Å². The van der Waals surface area contributed by atoms with Crippen LogP contribution in [0.15, 0.2) is 24.3 Å². The molecule has 8 heteroatoms. The highest BCUT2D eigenvalue weighted by Crippen LogP contribution is 2.06. The van der Waals surface area contributed by atoms with Gasteiger partial charge in [-0.2, -0.15) is 0 Å². The summed E-state index contributed by atoms with van der Waals surface area (Å²) in [6.07, 6.45) is -0.258. The maximum Gasteiger partial charge on any atom is 0.264 e. The van der Waals surface area contributed by atoms with Crippen LogP contribution in [0.2, 0.25) is 0 Å². The smallest absolute Gasteiger partial charge is 0.264 e. The Balaban J connectivity index is 2.61. The molecule has 0 aromatic heterocycles. The Morgan fingerprint density at radius 1 is 1.30 bits per heavy atom. The zero-order valence-corrected chi connectivity index (χ0v) is 11.8. The van der Waals surface area contributed by atoms with E-state index < -0.39 is 27.8 Å². The molecule has 1 aromatic carbocycles. The average molecular weight is 301 g/mol. The standard InChI is InChI=1S/C12H19N3O4S/c13-7-1-2-11(16)8-20(18,19)15-12(17)9-3-5-10(14)6-4-9/h3-6,11,16H,1-2,7-8,13-14H2,(H,15,17). The summed E-state index contributed by atoms with van der Waals surface area (Å²) >= 11 is 0. The van der Waals surface area contributed by atoms with Crippen molar-refractivity contribution in [2.24, 2.45) is 5.73 Å². The predicted octanol–water partition coefficient (Wildman–Crippen LogP) is -0.572. The molecular weight excluding hydrogens is 282 g/mol. The minimum atomic E-state index is -3.89. The van der Waals surface area contributed by atoms with Crippen LogP contribution in [0.25, 0.3) is 0 Å². The molecule has 1 aromatic rings. The fourth-order valence-corrected chi connectivity index (χ4v) is 2.72. The van der Waals surface area contributed by atoms with E-state index in [9.17, 15) is 18.3 Å². The summed E-state index contributed by atoms with van der Waals surface area (Å²) < 4.78 is 25.3. The lowest BCUT2D eigenvalue weighted by Crippen LogP contribution is -2.36. The zero-order valence-electron chi connectivity index (χ0n) is 11.0. The second-order valence-corrected chi connectivity index (χ2v) is 6.19. The summed E-state index contributed by atoms with van der Waals surface area (Å²) in [6.45, 7) is 0.370. The normalized spacial score (nSPS) is 12.9. The van der Waals surface area contributed by atoms with Gasteiger partial charge in [0.05, 0.1) is 11.9 Å². The molecule has 1 amide bonds. The zero-order chi connectivity index (χ0) is 15.2. The van der Waals surface area contributed by atoms with E-state index in [1.54, 1.807) is 0 Å². The molecule has 0 saturated heterocycles. The van der Waals surface area contributed by atoms with E-state index in [1.165, 1.54) is 24.3 Å². The Morgan fingerprint density at radius 2 is 1.90 bits per heavy atom. The minimum absolute atomic E-state index is 0.180. The number of anilines is 1. The Labute approximate surface area is 118 Å². The van der Waals surface area contributed by atoms with E-state index in [4.69, 9.17) is 11.5 Å². The first-order valence-electron chi connectivity index (χ1n) is 6.12. The number of benzene rings is 1. The van der Waals surface area contributed by atoms with Gasteiger partial charge in [-0.1, -0.05) is 0 Å². The third-order valence-corrected chi connectivity index (χ3v) is 3.89. The summed E-state index contributed by atoms with van der Waals surface area (Å²) in [6, 6.07) is 5.84. The highest BCUT2D eigenvalue weighted by Gasteiger charge is 2.20. The lowest BCUT2D eigenvalue weighted by atomic mass is 10.2. The van der Waals surface area contributed by atoms with Crippen LogP contribution in [-0.2, 0) is 10.0 Å². The quantitative estimate of drug-likeness (QED) is 0.498. The van der Waals surface area contributed by atoms with Crippen LogP contribution in [0.1, 0.15) is 23.2 Å². The minimum Gasteiger partial charge on any atom is -0.399 e.